The number of nitrogens with one attached hydrogen (secondary N) is 1. The highest BCUT2D eigenvalue weighted by Gasteiger charge is 2.18. The molecule has 10 aromatic carbocycles. The molecule has 0 aromatic heterocycles. The minimum atomic E-state index is 0.700. The monoisotopic (exact) mass is 714 g/mol. The second-order valence-corrected chi connectivity index (χ2v) is 14.4. The summed E-state index contributed by atoms with van der Waals surface area (Å²) in [4.78, 5) is 0. The van der Waals surface area contributed by atoms with Crippen LogP contribution in [0.2, 0.25) is 0 Å². The van der Waals surface area contributed by atoms with Crippen molar-refractivity contribution in [1.29, 1.82) is 0 Å². The number of hydrogen-bond acceptors (Lipinski definition) is 2. The van der Waals surface area contributed by atoms with E-state index in [9.17, 15) is 0 Å². The highest BCUT2D eigenvalue weighted by molar-refractivity contribution is 6.22. The molecule has 10 aromatic rings. The van der Waals surface area contributed by atoms with Gasteiger partial charge in [-0.3, -0.25) is 0 Å². The van der Waals surface area contributed by atoms with Gasteiger partial charge in [-0.2, -0.15) is 0 Å². The highest BCUT2D eigenvalue weighted by atomic mass is 14.9. The fourth-order valence-electron chi connectivity index (χ4n) is 8.22. The maximum atomic E-state index is 6.82. The lowest BCUT2D eigenvalue weighted by atomic mass is 9.84. The van der Waals surface area contributed by atoms with E-state index in [4.69, 9.17) is 5.73 Å². The summed E-state index contributed by atoms with van der Waals surface area (Å²) in [5.74, 6) is 0. The molecule has 10 rings (SSSR count). The predicted molar refractivity (Wildman–Crippen MR) is 240 cm³/mol. The topological polar surface area (TPSA) is 38.0 Å². The van der Waals surface area contributed by atoms with Gasteiger partial charge in [-0.25, -0.2) is 0 Å². The zero-order valence-electron chi connectivity index (χ0n) is 30.8. The lowest BCUT2D eigenvalue weighted by Crippen LogP contribution is -2.08. The van der Waals surface area contributed by atoms with E-state index < -0.39 is 0 Å². The summed E-state index contributed by atoms with van der Waals surface area (Å²) in [6.07, 6.45) is 0. The van der Waals surface area contributed by atoms with Crippen LogP contribution in [-0.2, 0) is 0 Å². The Morgan fingerprint density at radius 3 is 1.36 bits per heavy atom. The van der Waals surface area contributed by atoms with Crippen LogP contribution in [0.25, 0.3) is 87.9 Å². The second-order valence-electron chi connectivity index (χ2n) is 14.4. The minimum Gasteiger partial charge on any atom is -0.397 e. The molecule has 0 saturated heterocycles. The van der Waals surface area contributed by atoms with E-state index in [1.807, 2.05) is 48.5 Å². The third-order valence-corrected chi connectivity index (χ3v) is 11.0. The first-order valence-corrected chi connectivity index (χ1v) is 19.1. The van der Waals surface area contributed by atoms with Crippen molar-refractivity contribution < 1.29 is 0 Å². The lowest BCUT2D eigenvalue weighted by Gasteiger charge is -2.19. The average molecular weight is 715 g/mol. The number of hydrogen-bond donors (Lipinski definition) is 2. The molecule has 0 bridgehead atoms. The molecular formula is C54H38N2. The lowest BCUT2D eigenvalue weighted by molar-refractivity contribution is 1.46. The standard InChI is InChI=1S/C54H38N2/c55-53(39-15-3-1-4-16-39)54(40-17-5-2-6-18-40)56-46-30-27-38(28-31-46)43-29-32-49-50(35-43)52(45-26-24-37-14-8-10-20-42(37)34-45)48-22-12-11-21-47(48)51(49)44-25-23-36-13-7-9-19-41(36)33-44/h1-35,56H,55H2/b54-53-. The smallest absolute Gasteiger partial charge is 0.0697 e. The summed E-state index contributed by atoms with van der Waals surface area (Å²) >= 11 is 0. The fourth-order valence-corrected chi connectivity index (χ4v) is 8.22. The third kappa shape index (κ3) is 6.04. The van der Waals surface area contributed by atoms with E-state index in [0.29, 0.717) is 5.70 Å². The van der Waals surface area contributed by atoms with Crippen LogP contribution in [0.3, 0.4) is 0 Å². The third-order valence-electron chi connectivity index (χ3n) is 11.0. The van der Waals surface area contributed by atoms with Gasteiger partial charge in [-0.15, -0.1) is 0 Å². The largest absolute Gasteiger partial charge is 0.397 e. The highest BCUT2D eigenvalue weighted by Crippen LogP contribution is 2.46. The summed E-state index contributed by atoms with van der Waals surface area (Å²) in [6.45, 7) is 0. The number of nitrogens with two attached hydrogens (primary N) is 1. The van der Waals surface area contributed by atoms with E-state index in [-0.39, 0.29) is 0 Å². The molecule has 0 atom stereocenters. The van der Waals surface area contributed by atoms with Crippen molar-refractivity contribution in [3.8, 4) is 33.4 Å². The van der Waals surface area contributed by atoms with Gasteiger partial charge < -0.3 is 11.1 Å². The van der Waals surface area contributed by atoms with Crippen molar-refractivity contribution in [2.24, 2.45) is 5.73 Å². The van der Waals surface area contributed by atoms with Gasteiger partial charge in [0.15, 0.2) is 0 Å². The van der Waals surface area contributed by atoms with E-state index in [1.54, 1.807) is 0 Å². The Labute approximate surface area is 326 Å². The molecule has 264 valence electrons. The summed E-state index contributed by atoms with van der Waals surface area (Å²) in [7, 11) is 0. The molecule has 2 nitrogen and oxygen atoms in total. The van der Waals surface area contributed by atoms with Gasteiger partial charge in [0, 0.05) is 11.3 Å². The number of rotatable bonds is 7. The van der Waals surface area contributed by atoms with Crippen molar-refractivity contribution in [1.82, 2.24) is 0 Å². The predicted octanol–water partition coefficient (Wildman–Crippen LogP) is 14.2. The quantitative estimate of drug-likeness (QED) is 0.127. The minimum absolute atomic E-state index is 0.700. The number of benzene rings is 10. The van der Waals surface area contributed by atoms with Crippen molar-refractivity contribution in [3.63, 3.8) is 0 Å². The van der Waals surface area contributed by atoms with Crippen LogP contribution in [0.5, 0.6) is 0 Å². The van der Waals surface area contributed by atoms with Crippen LogP contribution in [0.1, 0.15) is 11.1 Å². The molecule has 2 heteroatoms. The second kappa shape index (κ2) is 14.1. The Bertz CT molecular complexity index is 3090. The van der Waals surface area contributed by atoms with E-state index in [2.05, 4.69) is 169 Å². The Balaban J connectivity index is 1.14. The first kappa shape index (κ1) is 33.2. The normalized spacial score (nSPS) is 11.9. The van der Waals surface area contributed by atoms with E-state index in [0.717, 1.165) is 33.6 Å². The molecule has 0 radical (unpaired) electrons. The molecule has 56 heavy (non-hydrogen) atoms. The number of anilines is 1. The summed E-state index contributed by atoms with van der Waals surface area (Å²) in [6, 6.07) is 76.0. The first-order chi connectivity index (χ1) is 27.7. The fraction of sp³-hybridized carbons (Fsp3) is 0. The van der Waals surface area contributed by atoms with Crippen LogP contribution < -0.4 is 11.1 Å². The van der Waals surface area contributed by atoms with Crippen molar-refractivity contribution in [2.75, 3.05) is 5.32 Å². The van der Waals surface area contributed by atoms with Gasteiger partial charge in [0.2, 0.25) is 0 Å². The van der Waals surface area contributed by atoms with Gasteiger partial charge >= 0.3 is 0 Å². The van der Waals surface area contributed by atoms with Gasteiger partial charge in [-0.05, 0) is 112 Å². The molecule has 0 fully saturated rings. The maximum Gasteiger partial charge on any atom is 0.0697 e. The van der Waals surface area contributed by atoms with Crippen LogP contribution in [0.4, 0.5) is 5.69 Å². The summed E-state index contributed by atoms with van der Waals surface area (Å²) < 4.78 is 0. The van der Waals surface area contributed by atoms with Crippen LogP contribution in [0, 0.1) is 0 Å². The van der Waals surface area contributed by atoms with Gasteiger partial charge in [0.05, 0.1) is 11.4 Å². The van der Waals surface area contributed by atoms with Crippen molar-refractivity contribution in [3.05, 3.63) is 223 Å². The number of fused-ring (bicyclic) bond motifs is 4. The Morgan fingerprint density at radius 1 is 0.321 bits per heavy atom. The maximum absolute atomic E-state index is 6.82. The molecule has 0 heterocycles. The molecular weight excluding hydrogens is 677 g/mol. The van der Waals surface area contributed by atoms with Crippen LogP contribution in [0.15, 0.2) is 212 Å². The SMILES string of the molecule is N/C(=C(\Nc1ccc(-c2ccc3c(-c4ccc5ccccc5c4)c4ccccc4c(-c4ccc5ccccc5c4)c3c2)cc1)c1ccccc1)c1ccccc1. The van der Waals surface area contributed by atoms with Crippen LogP contribution in [-0.4, -0.2) is 0 Å². The Morgan fingerprint density at radius 2 is 0.768 bits per heavy atom. The molecule has 0 saturated carbocycles. The van der Waals surface area contributed by atoms with Crippen molar-refractivity contribution in [2.45, 2.75) is 0 Å². The van der Waals surface area contributed by atoms with E-state index >= 15 is 0 Å². The zero-order chi connectivity index (χ0) is 37.4. The van der Waals surface area contributed by atoms with Crippen molar-refractivity contribution >= 4 is 60.2 Å². The molecule has 0 spiro atoms. The van der Waals surface area contributed by atoms with Gasteiger partial charge in [0.1, 0.15) is 0 Å². The van der Waals surface area contributed by atoms with Crippen LogP contribution >= 0.6 is 0 Å². The molecule has 0 amide bonds. The van der Waals surface area contributed by atoms with E-state index in [1.165, 1.54) is 65.3 Å². The van der Waals surface area contributed by atoms with Gasteiger partial charge in [0.25, 0.3) is 0 Å². The first-order valence-electron chi connectivity index (χ1n) is 19.1. The molecule has 3 N–H and O–H groups in total. The Kier molecular flexibility index (Phi) is 8.35. The Hall–Kier alpha value is -7.42. The molecule has 0 aliphatic carbocycles. The zero-order valence-corrected chi connectivity index (χ0v) is 30.8. The molecule has 0 aliphatic heterocycles. The van der Waals surface area contributed by atoms with Gasteiger partial charge in [-0.1, -0.05) is 182 Å². The average Bonchev–Trinajstić information content (AvgIpc) is 3.27. The molecule has 0 aliphatic rings. The summed E-state index contributed by atoms with van der Waals surface area (Å²) in [5, 5.41) is 13.6. The summed E-state index contributed by atoms with van der Waals surface area (Å²) in [5.41, 5.74) is 18.6. The molecule has 0 unspecified atom stereocenters.